The van der Waals surface area contributed by atoms with Crippen LogP contribution in [0.25, 0.3) is 0 Å². The number of piperazine rings is 1. The molecule has 0 bridgehead atoms. The van der Waals surface area contributed by atoms with Gasteiger partial charge >= 0.3 is 0 Å². The van der Waals surface area contributed by atoms with Gasteiger partial charge in [-0.3, -0.25) is 9.59 Å². The fourth-order valence-corrected chi connectivity index (χ4v) is 3.13. The van der Waals surface area contributed by atoms with Gasteiger partial charge in [-0.2, -0.15) is 0 Å². The van der Waals surface area contributed by atoms with Crippen molar-refractivity contribution in [3.8, 4) is 0 Å². The van der Waals surface area contributed by atoms with Crippen molar-refractivity contribution in [2.45, 2.75) is 44.3 Å². The average molecular weight is 286 g/mol. The molecule has 2 unspecified atom stereocenters. The number of rotatable bonds is 4. The second-order valence-electron chi connectivity index (χ2n) is 6.24. The Hall–Kier alpha value is -1.98. The van der Waals surface area contributed by atoms with E-state index < -0.39 is 0 Å². The van der Waals surface area contributed by atoms with Crippen LogP contribution in [-0.2, 0) is 16.1 Å². The predicted octanol–water partition coefficient (Wildman–Crippen LogP) is 0.492. The second-order valence-corrected chi connectivity index (χ2v) is 6.24. The molecule has 3 aliphatic rings. The molecule has 2 aliphatic carbocycles. The van der Waals surface area contributed by atoms with E-state index in [9.17, 15) is 9.59 Å². The lowest BCUT2D eigenvalue weighted by atomic mass is 10.0. The van der Waals surface area contributed by atoms with Gasteiger partial charge in [-0.25, -0.2) is 9.97 Å². The van der Waals surface area contributed by atoms with Gasteiger partial charge in [0.05, 0.1) is 6.54 Å². The molecule has 1 aromatic heterocycles. The van der Waals surface area contributed by atoms with Gasteiger partial charge < -0.3 is 10.2 Å². The lowest BCUT2D eigenvalue weighted by Crippen LogP contribution is -2.64. The lowest BCUT2D eigenvalue weighted by Gasteiger charge is -2.39. The molecule has 2 atom stereocenters. The van der Waals surface area contributed by atoms with Crippen LogP contribution in [-0.4, -0.2) is 38.8 Å². The zero-order valence-electron chi connectivity index (χ0n) is 11.7. The van der Waals surface area contributed by atoms with Crippen LogP contribution < -0.4 is 5.32 Å². The molecule has 3 fully saturated rings. The minimum atomic E-state index is -0.337. The summed E-state index contributed by atoms with van der Waals surface area (Å²) in [6, 6.07) is 1.08. The predicted molar refractivity (Wildman–Crippen MR) is 73.7 cm³/mol. The molecule has 6 nitrogen and oxygen atoms in total. The van der Waals surface area contributed by atoms with Crippen molar-refractivity contribution < 1.29 is 9.59 Å². The number of nitrogens with zero attached hydrogens (tertiary/aromatic N) is 3. The largest absolute Gasteiger partial charge is 0.342 e. The Bertz CT molecular complexity index is 568. The average Bonchev–Trinajstić information content (AvgIpc) is 3.37. The zero-order valence-corrected chi connectivity index (χ0v) is 11.7. The first-order valence-corrected chi connectivity index (χ1v) is 7.61. The minimum absolute atomic E-state index is 0.00457. The lowest BCUT2D eigenvalue weighted by molar-refractivity contribution is -0.151. The molecule has 0 spiro atoms. The highest BCUT2D eigenvalue weighted by molar-refractivity contribution is 5.97. The topological polar surface area (TPSA) is 75.2 Å². The molecule has 2 saturated carbocycles. The van der Waals surface area contributed by atoms with E-state index in [1.807, 2.05) is 0 Å². The second kappa shape index (κ2) is 4.79. The monoisotopic (exact) mass is 286 g/mol. The number of carbonyl (C=O) groups is 2. The molecule has 4 rings (SSSR count). The zero-order chi connectivity index (χ0) is 14.4. The van der Waals surface area contributed by atoms with E-state index in [0.717, 1.165) is 25.7 Å². The quantitative estimate of drug-likeness (QED) is 0.874. The van der Waals surface area contributed by atoms with E-state index in [2.05, 4.69) is 15.3 Å². The van der Waals surface area contributed by atoms with Crippen LogP contribution in [0.1, 0.15) is 31.5 Å². The molecule has 21 heavy (non-hydrogen) atoms. The van der Waals surface area contributed by atoms with Gasteiger partial charge in [-0.05, 0) is 43.6 Å². The molecule has 0 radical (unpaired) electrons. The van der Waals surface area contributed by atoms with Crippen molar-refractivity contribution in [2.24, 2.45) is 11.8 Å². The third kappa shape index (κ3) is 2.39. The van der Waals surface area contributed by atoms with Crippen LogP contribution in [0.2, 0.25) is 0 Å². The first-order valence-electron chi connectivity index (χ1n) is 7.61. The first kappa shape index (κ1) is 12.7. The first-order chi connectivity index (χ1) is 10.2. The Kier molecular flexibility index (Phi) is 2.90. The number of hydrogen-bond donors (Lipinski definition) is 1. The van der Waals surface area contributed by atoms with E-state index in [1.54, 1.807) is 23.4 Å². The number of amides is 2. The van der Waals surface area contributed by atoms with Crippen molar-refractivity contribution in [1.29, 1.82) is 0 Å². The molecule has 6 heteroatoms. The molecule has 1 aliphatic heterocycles. The minimum Gasteiger partial charge on any atom is -0.342 e. The SMILES string of the molecule is O=C1NC(C2CC2)C(=O)N(Cc2ncccn2)C1C1CC1. The Morgan fingerprint density at radius 3 is 2.38 bits per heavy atom. The van der Waals surface area contributed by atoms with Gasteiger partial charge in [0, 0.05) is 12.4 Å². The van der Waals surface area contributed by atoms with E-state index in [-0.39, 0.29) is 23.9 Å². The summed E-state index contributed by atoms with van der Waals surface area (Å²) in [7, 11) is 0. The van der Waals surface area contributed by atoms with Crippen molar-refractivity contribution in [3.63, 3.8) is 0 Å². The maximum absolute atomic E-state index is 12.8. The molecule has 2 amide bonds. The van der Waals surface area contributed by atoms with E-state index in [0.29, 0.717) is 24.2 Å². The summed E-state index contributed by atoms with van der Waals surface area (Å²) in [4.78, 5) is 35.3. The van der Waals surface area contributed by atoms with Crippen LogP contribution in [0.4, 0.5) is 0 Å². The maximum Gasteiger partial charge on any atom is 0.246 e. The molecule has 1 N–H and O–H groups in total. The summed E-state index contributed by atoms with van der Waals surface area (Å²) in [6.45, 7) is 0.331. The number of nitrogens with one attached hydrogen (secondary N) is 1. The van der Waals surface area contributed by atoms with Crippen molar-refractivity contribution >= 4 is 11.8 Å². The van der Waals surface area contributed by atoms with Gasteiger partial charge in [-0.1, -0.05) is 0 Å². The van der Waals surface area contributed by atoms with Crippen LogP contribution in [0.15, 0.2) is 18.5 Å². The summed E-state index contributed by atoms with van der Waals surface area (Å²) in [5.41, 5.74) is 0. The van der Waals surface area contributed by atoms with Crippen LogP contribution >= 0.6 is 0 Å². The van der Waals surface area contributed by atoms with Gasteiger partial charge in [-0.15, -0.1) is 0 Å². The summed E-state index contributed by atoms with van der Waals surface area (Å²) in [5.74, 6) is 1.27. The fourth-order valence-electron chi connectivity index (χ4n) is 3.13. The van der Waals surface area contributed by atoms with E-state index in [1.165, 1.54) is 0 Å². The third-order valence-electron chi connectivity index (χ3n) is 4.54. The molecule has 1 aromatic rings. The molecular formula is C15H18N4O2. The van der Waals surface area contributed by atoms with Crippen LogP contribution in [0.3, 0.4) is 0 Å². The Morgan fingerprint density at radius 2 is 1.76 bits per heavy atom. The Balaban J connectivity index is 1.61. The summed E-state index contributed by atoms with van der Waals surface area (Å²) in [6.07, 6.45) is 7.43. The number of hydrogen-bond acceptors (Lipinski definition) is 4. The summed E-state index contributed by atoms with van der Waals surface area (Å²) in [5, 5.41) is 2.94. The highest BCUT2D eigenvalue weighted by Gasteiger charge is 2.51. The molecule has 1 saturated heterocycles. The van der Waals surface area contributed by atoms with Crippen LogP contribution in [0, 0.1) is 11.8 Å². The summed E-state index contributed by atoms with van der Waals surface area (Å²) >= 11 is 0. The van der Waals surface area contributed by atoms with Gasteiger partial charge in [0.25, 0.3) is 0 Å². The normalized spacial score (nSPS) is 29.4. The highest BCUT2D eigenvalue weighted by Crippen LogP contribution is 2.40. The van der Waals surface area contributed by atoms with Gasteiger partial charge in [0.2, 0.25) is 11.8 Å². The summed E-state index contributed by atoms with van der Waals surface area (Å²) < 4.78 is 0. The molecular weight excluding hydrogens is 268 g/mol. The number of aromatic nitrogens is 2. The third-order valence-corrected chi connectivity index (χ3v) is 4.54. The van der Waals surface area contributed by atoms with Crippen molar-refractivity contribution in [3.05, 3.63) is 24.3 Å². The molecule has 2 heterocycles. The standard InChI is InChI=1S/C15H18N4O2/c20-14-13(10-4-5-10)19(8-11-16-6-1-7-17-11)15(21)12(18-14)9-2-3-9/h1,6-7,9-10,12-13H,2-5,8H2,(H,18,20). The Morgan fingerprint density at radius 1 is 1.10 bits per heavy atom. The van der Waals surface area contributed by atoms with Crippen LogP contribution in [0.5, 0.6) is 0 Å². The molecule has 110 valence electrons. The van der Waals surface area contributed by atoms with Gasteiger partial charge in [0.15, 0.2) is 0 Å². The van der Waals surface area contributed by atoms with Crippen molar-refractivity contribution in [2.75, 3.05) is 0 Å². The Labute approximate surface area is 123 Å². The fraction of sp³-hybridized carbons (Fsp3) is 0.600. The molecule has 0 aromatic carbocycles. The highest BCUT2D eigenvalue weighted by atomic mass is 16.2. The smallest absolute Gasteiger partial charge is 0.246 e. The maximum atomic E-state index is 12.8. The van der Waals surface area contributed by atoms with Gasteiger partial charge in [0.1, 0.15) is 17.9 Å². The van der Waals surface area contributed by atoms with E-state index in [4.69, 9.17) is 0 Å². The number of carbonyl (C=O) groups excluding carboxylic acids is 2. The van der Waals surface area contributed by atoms with E-state index >= 15 is 0 Å². The van der Waals surface area contributed by atoms with Crippen molar-refractivity contribution in [1.82, 2.24) is 20.2 Å².